The summed E-state index contributed by atoms with van der Waals surface area (Å²) in [5, 5.41) is 0. The minimum absolute atomic E-state index is 0.326. The van der Waals surface area contributed by atoms with Crippen LogP contribution in [0.25, 0.3) is 6.08 Å². The van der Waals surface area contributed by atoms with Gasteiger partial charge in [0.2, 0.25) is 0 Å². The Kier molecular flexibility index (Phi) is 2.95. The van der Waals surface area contributed by atoms with Crippen LogP contribution >= 0.6 is 0 Å². The van der Waals surface area contributed by atoms with E-state index in [2.05, 4.69) is 4.99 Å². The van der Waals surface area contributed by atoms with Crippen LogP contribution < -0.4 is 4.74 Å². The molecule has 1 aliphatic rings. The van der Waals surface area contributed by atoms with Crippen LogP contribution in [0.15, 0.2) is 28.9 Å². The summed E-state index contributed by atoms with van der Waals surface area (Å²) in [6, 6.07) is 5.66. The second-order valence-electron chi connectivity index (χ2n) is 3.78. The summed E-state index contributed by atoms with van der Waals surface area (Å²) < 4.78 is 10.0. The molecule has 0 atom stereocenters. The number of benzene rings is 1. The first kappa shape index (κ1) is 11.4. The van der Waals surface area contributed by atoms with Crippen LogP contribution in [0.2, 0.25) is 0 Å². The Bertz CT molecular complexity index is 529. The summed E-state index contributed by atoms with van der Waals surface area (Å²) >= 11 is 0. The van der Waals surface area contributed by atoms with Crippen LogP contribution in [-0.2, 0) is 9.53 Å². The number of esters is 1. The monoisotopic (exact) mass is 231 g/mol. The van der Waals surface area contributed by atoms with Gasteiger partial charge in [-0.2, -0.15) is 0 Å². The molecule has 1 aromatic carbocycles. The fourth-order valence-corrected chi connectivity index (χ4v) is 1.67. The van der Waals surface area contributed by atoms with Gasteiger partial charge >= 0.3 is 5.97 Å². The third-order valence-corrected chi connectivity index (χ3v) is 2.45. The highest BCUT2D eigenvalue weighted by atomic mass is 16.6. The van der Waals surface area contributed by atoms with Crippen molar-refractivity contribution >= 4 is 17.9 Å². The van der Waals surface area contributed by atoms with Gasteiger partial charge in [-0.15, -0.1) is 0 Å². The molecule has 17 heavy (non-hydrogen) atoms. The molecule has 1 aliphatic heterocycles. The Morgan fingerprint density at radius 1 is 1.35 bits per heavy atom. The highest BCUT2D eigenvalue weighted by Crippen LogP contribution is 2.21. The van der Waals surface area contributed by atoms with Gasteiger partial charge in [0.25, 0.3) is 0 Å². The Morgan fingerprint density at radius 3 is 2.65 bits per heavy atom. The molecular formula is C13H13NO3. The van der Waals surface area contributed by atoms with E-state index < -0.39 is 5.97 Å². The number of hydrogen-bond donors (Lipinski definition) is 0. The van der Waals surface area contributed by atoms with E-state index in [4.69, 9.17) is 9.47 Å². The molecule has 0 saturated carbocycles. The maximum absolute atomic E-state index is 11.4. The zero-order valence-corrected chi connectivity index (χ0v) is 9.98. The van der Waals surface area contributed by atoms with Crippen molar-refractivity contribution in [3.63, 3.8) is 0 Å². The molecule has 2 rings (SSSR count). The molecule has 0 aliphatic carbocycles. The van der Waals surface area contributed by atoms with Gasteiger partial charge < -0.3 is 9.47 Å². The lowest BCUT2D eigenvalue weighted by Gasteiger charge is -2.04. The number of carbonyl (C=O) groups is 1. The smallest absolute Gasteiger partial charge is 0.363 e. The molecule has 0 N–H and O–H groups in total. The van der Waals surface area contributed by atoms with E-state index in [9.17, 15) is 4.79 Å². The Hall–Kier alpha value is -2.10. The van der Waals surface area contributed by atoms with E-state index in [1.54, 1.807) is 20.1 Å². The molecule has 0 fully saturated rings. The average Bonchev–Trinajstić information content (AvgIpc) is 2.58. The third kappa shape index (κ3) is 2.36. The molecule has 0 saturated heterocycles. The Morgan fingerprint density at radius 2 is 2.12 bits per heavy atom. The van der Waals surface area contributed by atoms with Crippen LogP contribution in [0.1, 0.15) is 18.1 Å². The van der Waals surface area contributed by atoms with E-state index >= 15 is 0 Å². The number of aryl methyl sites for hydroxylation is 1. The molecule has 0 amide bonds. The van der Waals surface area contributed by atoms with Gasteiger partial charge in [-0.25, -0.2) is 9.79 Å². The quantitative estimate of drug-likeness (QED) is 0.579. The van der Waals surface area contributed by atoms with Crippen molar-refractivity contribution in [3.05, 3.63) is 35.0 Å². The molecular weight excluding hydrogens is 218 g/mol. The Balaban J connectivity index is 2.33. The third-order valence-electron chi connectivity index (χ3n) is 2.45. The van der Waals surface area contributed by atoms with Crippen molar-refractivity contribution in [2.75, 3.05) is 7.11 Å². The summed E-state index contributed by atoms with van der Waals surface area (Å²) in [7, 11) is 1.63. The molecule has 4 nitrogen and oxygen atoms in total. The van der Waals surface area contributed by atoms with Gasteiger partial charge in [0.1, 0.15) is 5.75 Å². The Labute approximate surface area is 99.6 Å². The maximum atomic E-state index is 11.4. The minimum Gasteiger partial charge on any atom is -0.496 e. The number of hydrogen-bond acceptors (Lipinski definition) is 4. The second kappa shape index (κ2) is 4.41. The minimum atomic E-state index is -0.407. The zero-order chi connectivity index (χ0) is 12.4. The van der Waals surface area contributed by atoms with Crippen LogP contribution in [0.5, 0.6) is 5.75 Å². The normalized spacial score (nSPS) is 17.0. The topological polar surface area (TPSA) is 47.9 Å². The predicted molar refractivity (Wildman–Crippen MR) is 64.9 cm³/mol. The summed E-state index contributed by atoms with van der Waals surface area (Å²) in [6.45, 7) is 3.60. The SMILES string of the molecule is COc1ccc(/C=C2/N=C(C)OC2=O)cc1C. The number of methoxy groups -OCH3 is 1. The number of ether oxygens (including phenoxy) is 2. The predicted octanol–water partition coefficient (Wildman–Crippen LogP) is 2.32. The van der Waals surface area contributed by atoms with E-state index in [1.807, 2.05) is 25.1 Å². The molecule has 1 heterocycles. The summed E-state index contributed by atoms with van der Waals surface area (Å²) in [5.41, 5.74) is 2.23. The van der Waals surface area contributed by atoms with Crippen molar-refractivity contribution in [2.24, 2.45) is 4.99 Å². The van der Waals surface area contributed by atoms with Crippen LogP contribution in [0, 0.1) is 6.92 Å². The van der Waals surface area contributed by atoms with Crippen molar-refractivity contribution in [3.8, 4) is 5.75 Å². The standard InChI is InChI=1S/C13H13NO3/c1-8-6-10(4-5-12(8)16-3)7-11-13(15)17-9(2)14-11/h4-7H,1-3H3/b11-7+. The summed E-state index contributed by atoms with van der Waals surface area (Å²) in [6.07, 6.45) is 1.70. The number of nitrogens with zero attached hydrogens (tertiary/aromatic N) is 1. The maximum Gasteiger partial charge on any atom is 0.363 e. The van der Waals surface area contributed by atoms with Gasteiger partial charge in [0, 0.05) is 6.92 Å². The molecule has 0 radical (unpaired) electrons. The van der Waals surface area contributed by atoms with Crippen molar-refractivity contribution in [1.29, 1.82) is 0 Å². The molecule has 4 heteroatoms. The van der Waals surface area contributed by atoms with E-state index in [-0.39, 0.29) is 0 Å². The molecule has 1 aromatic rings. The van der Waals surface area contributed by atoms with E-state index in [1.165, 1.54) is 0 Å². The zero-order valence-electron chi connectivity index (χ0n) is 9.98. The number of carbonyl (C=O) groups excluding carboxylic acids is 1. The van der Waals surface area contributed by atoms with Gasteiger partial charge in [-0.1, -0.05) is 6.07 Å². The number of cyclic esters (lactones) is 1. The van der Waals surface area contributed by atoms with Crippen LogP contribution in [0.3, 0.4) is 0 Å². The highest BCUT2D eigenvalue weighted by Gasteiger charge is 2.19. The fourth-order valence-electron chi connectivity index (χ4n) is 1.67. The summed E-state index contributed by atoms with van der Waals surface area (Å²) in [5.74, 6) is 0.795. The van der Waals surface area contributed by atoms with Crippen molar-refractivity contribution in [2.45, 2.75) is 13.8 Å². The van der Waals surface area contributed by atoms with Crippen LogP contribution in [0.4, 0.5) is 0 Å². The summed E-state index contributed by atoms with van der Waals surface area (Å²) in [4.78, 5) is 15.4. The molecule has 0 spiro atoms. The largest absolute Gasteiger partial charge is 0.496 e. The molecule has 0 bridgehead atoms. The number of aliphatic imine (C=N–C) groups is 1. The van der Waals surface area contributed by atoms with Crippen LogP contribution in [-0.4, -0.2) is 19.0 Å². The van der Waals surface area contributed by atoms with Crippen molar-refractivity contribution in [1.82, 2.24) is 0 Å². The average molecular weight is 231 g/mol. The van der Waals surface area contributed by atoms with E-state index in [0.29, 0.717) is 11.6 Å². The van der Waals surface area contributed by atoms with E-state index in [0.717, 1.165) is 16.9 Å². The lowest BCUT2D eigenvalue weighted by molar-refractivity contribution is -0.130. The fraction of sp³-hybridized carbons (Fsp3) is 0.231. The highest BCUT2D eigenvalue weighted by molar-refractivity contribution is 6.06. The molecule has 88 valence electrons. The lowest BCUT2D eigenvalue weighted by Crippen LogP contribution is -1.99. The molecule has 0 aromatic heterocycles. The first-order valence-electron chi connectivity index (χ1n) is 5.24. The van der Waals surface area contributed by atoms with Gasteiger partial charge in [0.05, 0.1) is 7.11 Å². The van der Waals surface area contributed by atoms with Gasteiger partial charge in [-0.05, 0) is 36.3 Å². The van der Waals surface area contributed by atoms with Gasteiger partial charge in [0.15, 0.2) is 11.6 Å². The second-order valence-corrected chi connectivity index (χ2v) is 3.78. The van der Waals surface area contributed by atoms with Crippen molar-refractivity contribution < 1.29 is 14.3 Å². The first-order chi connectivity index (χ1) is 8.10. The first-order valence-corrected chi connectivity index (χ1v) is 5.24. The molecule has 0 unspecified atom stereocenters. The number of rotatable bonds is 2. The van der Waals surface area contributed by atoms with Gasteiger partial charge in [-0.3, -0.25) is 0 Å². The lowest BCUT2D eigenvalue weighted by atomic mass is 10.1.